The van der Waals surface area contributed by atoms with Crippen molar-refractivity contribution in [2.45, 2.75) is 38.0 Å². The lowest BCUT2D eigenvalue weighted by molar-refractivity contribution is -0.148. The molecule has 1 fully saturated rings. The number of allylic oxidation sites excluding steroid dienone is 1. The van der Waals surface area contributed by atoms with Gasteiger partial charge in [-0.3, -0.25) is 4.79 Å². The zero-order valence-electron chi connectivity index (χ0n) is 13.6. The lowest BCUT2D eigenvalue weighted by Gasteiger charge is -2.31. The van der Waals surface area contributed by atoms with Gasteiger partial charge in [-0.2, -0.15) is 10.5 Å². The Morgan fingerprint density at radius 2 is 1.78 bits per heavy atom. The molecule has 0 bridgehead atoms. The summed E-state index contributed by atoms with van der Waals surface area (Å²) in [5.41, 5.74) is 0.691. The molecule has 0 aliphatic heterocycles. The van der Waals surface area contributed by atoms with E-state index < -0.39 is 10.8 Å². The van der Waals surface area contributed by atoms with Crippen molar-refractivity contribution in [1.82, 2.24) is 0 Å². The number of methoxy groups -OCH3 is 1. The molecule has 4 nitrogen and oxygen atoms in total. The first kappa shape index (κ1) is 16.8. The third-order valence-corrected chi connectivity index (χ3v) is 4.69. The second-order valence-corrected chi connectivity index (χ2v) is 6.35. The van der Waals surface area contributed by atoms with Crippen LogP contribution in [0.25, 0.3) is 0 Å². The maximum Gasteiger partial charge on any atom is 0.316 e. The zero-order valence-corrected chi connectivity index (χ0v) is 13.6. The molecule has 1 atom stereocenters. The summed E-state index contributed by atoms with van der Waals surface area (Å²) in [6.07, 6.45) is 1.41. The number of carbonyl (C=O) groups is 1. The Hall–Kier alpha value is -2.59. The molecule has 1 aliphatic rings. The van der Waals surface area contributed by atoms with E-state index in [1.54, 1.807) is 0 Å². The van der Waals surface area contributed by atoms with Gasteiger partial charge in [-0.05, 0) is 38.2 Å². The predicted molar refractivity (Wildman–Crippen MR) is 86.1 cm³/mol. The van der Waals surface area contributed by atoms with Gasteiger partial charge in [-0.1, -0.05) is 42.0 Å². The summed E-state index contributed by atoms with van der Waals surface area (Å²) in [5.74, 6) is -0.339. The summed E-state index contributed by atoms with van der Waals surface area (Å²) in [7, 11) is 1.37. The van der Waals surface area contributed by atoms with E-state index in [1.807, 2.05) is 31.2 Å². The van der Waals surface area contributed by atoms with Crippen molar-refractivity contribution in [2.24, 2.45) is 5.41 Å². The Kier molecular flexibility index (Phi) is 4.57. The van der Waals surface area contributed by atoms with Crippen LogP contribution in [0.3, 0.4) is 0 Å². The molecule has 23 heavy (non-hydrogen) atoms. The molecular weight excluding hydrogens is 288 g/mol. The zero-order chi connectivity index (χ0) is 17.1. The second kappa shape index (κ2) is 6.26. The van der Waals surface area contributed by atoms with Gasteiger partial charge in [0, 0.05) is 0 Å². The van der Waals surface area contributed by atoms with Crippen molar-refractivity contribution in [3.63, 3.8) is 0 Å². The number of esters is 1. The van der Waals surface area contributed by atoms with Crippen LogP contribution < -0.4 is 0 Å². The minimum absolute atomic E-state index is 0.296. The molecule has 0 aromatic heterocycles. The number of nitriles is 2. The molecule has 1 aromatic rings. The molecule has 0 saturated heterocycles. The topological polar surface area (TPSA) is 73.9 Å². The number of rotatable bonds is 2. The van der Waals surface area contributed by atoms with E-state index in [9.17, 15) is 15.3 Å². The molecule has 2 rings (SSSR count). The van der Waals surface area contributed by atoms with Crippen molar-refractivity contribution in [1.29, 1.82) is 10.5 Å². The average Bonchev–Trinajstić information content (AvgIpc) is 2.72. The van der Waals surface area contributed by atoms with E-state index in [2.05, 4.69) is 18.7 Å². The minimum atomic E-state index is -1.11. The Bertz CT molecular complexity index is 692. The quantitative estimate of drug-likeness (QED) is 0.475. The van der Waals surface area contributed by atoms with Crippen LogP contribution in [0.5, 0.6) is 0 Å². The van der Waals surface area contributed by atoms with Gasteiger partial charge in [0.05, 0.1) is 24.7 Å². The van der Waals surface area contributed by atoms with E-state index >= 15 is 0 Å². The summed E-state index contributed by atoms with van der Waals surface area (Å²) in [4.78, 5) is 12.6. The third kappa shape index (κ3) is 2.98. The van der Waals surface area contributed by atoms with Gasteiger partial charge in [-0.25, -0.2) is 0 Å². The molecule has 1 aromatic carbocycles. The standard InChI is InChI=1S/C19H20N2O2/c1-14-4-6-16(7-5-14)19(17(22)23-3)9-8-18(12-20,13-21)10-15(2)11-19/h4-7H,2,8-11H2,1,3H3. The third-order valence-electron chi connectivity index (χ3n) is 4.69. The monoisotopic (exact) mass is 308 g/mol. The smallest absolute Gasteiger partial charge is 0.316 e. The Morgan fingerprint density at radius 3 is 2.30 bits per heavy atom. The van der Waals surface area contributed by atoms with Crippen LogP contribution in [-0.2, 0) is 14.9 Å². The number of nitrogens with zero attached hydrogens (tertiary/aromatic N) is 2. The average molecular weight is 308 g/mol. The Labute approximate surface area is 137 Å². The summed E-state index contributed by atoms with van der Waals surface area (Å²) < 4.78 is 5.07. The molecule has 0 spiro atoms. The summed E-state index contributed by atoms with van der Waals surface area (Å²) in [5, 5.41) is 18.9. The summed E-state index contributed by atoms with van der Waals surface area (Å²) >= 11 is 0. The Balaban J connectivity index is 2.54. The van der Waals surface area contributed by atoms with Crippen molar-refractivity contribution in [3.05, 3.63) is 47.5 Å². The van der Waals surface area contributed by atoms with Gasteiger partial charge in [0.2, 0.25) is 0 Å². The lowest BCUT2D eigenvalue weighted by Crippen LogP contribution is -2.37. The maximum absolute atomic E-state index is 12.6. The SMILES string of the molecule is C=C1CC(C#N)(C#N)CCC(C(=O)OC)(c2ccc(C)cc2)C1. The molecule has 1 aliphatic carbocycles. The van der Waals surface area contributed by atoms with Crippen molar-refractivity contribution in [2.75, 3.05) is 7.11 Å². The number of hydrogen-bond donors (Lipinski definition) is 0. The van der Waals surface area contributed by atoms with E-state index in [0.717, 1.165) is 16.7 Å². The first-order chi connectivity index (χ1) is 10.9. The maximum atomic E-state index is 12.6. The van der Waals surface area contributed by atoms with Crippen LogP contribution in [0, 0.1) is 35.0 Å². The second-order valence-electron chi connectivity index (χ2n) is 6.35. The van der Waals surface area contributed by atoms with Gasteiger partial charge in [0.15, 0.2) is 0 Å². The fourth-order valence-corrected chi connectivity index (χ4v) is 3.34. The van der Waals surface area contributed by atoms with Crippen molar-refractivity contribution >= 4 is 5.97 Å². The molecular formula is C19H20N2O2. The highest BCUT2D eigenvalue weighted by Gasteiger charge is 2.47. The first-order valence-corrected chi connectivity index (χ1v) is 7.56. The van der Waals surface area contributed by atoms with E-state index in [0.29, 0.717) is 25.7 Å². The molecule has 0 N–H and O–H groups in total. The molecule has 4 heteroatoms. The molecule has 0 radical (unpaired) electrons. The van der Waals surface area contributed by atoms with E-state index in [1.165, 1.54) is 7.11 Å². The lowest BCUT2D eigenvalue weighted by atomic mass is 9.72. The number of ether oxygens (including phenoxy) is 1. The summed E-state index contributed by atoms with van der Waals surface area (Å²) in [6, 6.07) is 12.0. The predicted octanol–water partition coefficient (Wildman–Crippen LogP) is 3.57. The van der Waals surface area contributed by atoms with Gasteiger partial charge < -0.3 is 4.74 Å². The van der Waals surface area contributed by atoms with Crippen LogP contribution in [0.2, 0.25) is 0 Å². The van der Waals surface area contributed by atoms with Gasteiger partial charge >= 0.3 is 5.97 Å². The molecule has 1 unspecified atom stereocenters. The highest BCUT2D eigenvalue weighted by molar-refractivity contribution is 5.83. The van der Waals surface area contributed by atoms with Crippen LogP contribution in [0.4, 0.5) is 0 Å². The molecule has 118 valence electrons. The molecule has 1 saturated carbocycles. The fourth-order valence-electron chi connectivity index (χ4n) is 3.34. The van der Waals surface area contributed by atoms with Crippen LogP contribution >= 0.6 is 0 Å². The molecule has 0 heterocycles. The van der Waals surface area contributed by atoms with Crippen LogP contribution in [0.1, 0.15) is 36.8 Å². The largest absolute Gasteiger partial charge is 0.468 e. The number of benzene rings is 1. The highest BCUT2D eigenvalue weighted by Crippen LogP contribution is 2.46. The number of hydrogen-bond acceptors (Lipinski definition) is 4. The van der Waals surface area contributed by atoms with Crippen LogP contribution in [0.15, 0.2) is 36.4 Å². The fraction of sp³-hybridized carbons (Fsp3) is 0.421. The van der Waals surface area contributed by atoms with Gasteiger partial charge in [-0.15, -0.1) is 0 Å². The first-order valence-electron chi connectivity index (χ1n) is 7.56. The van der Waals surface area contributed by atoms with Crippen LogP contribution in [-0.4, -0.2) is 13.1 Å². The normalized spacial score (nSPS) is 23.2. The number of aryl methyl sites for hydroxylation is 1. The van der Waals surface area contributed by atoms with E-state index in [-0.39, 0.29) is 5.97 Å². The Morgan fingerprint density at radius 1 is 1.17 bits per heavy atom. The summed E-state index contributed by atoms with van der Waals surface area (Å²) in [6.45, 7) is 5.99. The van der Waals surface area contributed by atoms with Gasteiger partial charge in [0.1, 0.15) is 5.41 Å². The molecule has 0 amide bonds. The van der Waals surface area contributed by atoms with Crippen molar-refractivity contribution < 1.29 is 9.53 Å². The number of carbonyl (C=O) groups excluding carboxylic acids is 1. The van der Waals surface area contributed by atoms with Gasteiger partial charge in [0.25, 0.3) is 0 Å². The van der Waals surface area contributed by atoms with E-state index in [4.69, 9.17) is 4.74 Å². The van der Waals surface area contributed by atoms with Crippen molar-refractivity contribution in [3.8, 4) is 12.1 Å². The highest BCUT2D eigenvalue weighted by atomic mass is 16.5. The minimum Gasteiger partial charge on any atom is -0.468 e.